The average molecular weight is 385 g/mol. The Morgan fingerprint density at radius 3 is 2.64 bits per heavy atom. The van der Waals surface area contributed by atoms with Crippen LogP contribution in [0.15, 0.2) is 28.8 Å². The van der Waals surface area contributed by atoms with Crippen LogP contribution >= 0.6 is 0 Å². The molecule has 3 rings (SSSR count). The van der Waals surface area contributed by atoms with Crippen LogP contribution in [0.4, 0.5) is 0 Å². The molecular formula is C21H27N3O4. The molecular weight excluding hydrogens is 358 g/mol. The molecule has 1 aromatic carbocycles. The lowest BCUT2D eigenvalue weighted by molar-refractivity contribution is -0.118. The minimum absolute atomic E-state index is 0.0532. The highest BCUT2D eigenvalue weighted by molar-refractivity contribution is 5.92. The summed E-state index contributed by atoms with van der Waals surface area (Å²) in [6, 6.07) is 5.57. The topological polar surface area (TPSA) is 86.5 Å². The lowest BCUT2D eigenvalue weighted by Gasteiger charge is -2.25. The highest BCUT2D eigenvalue weighted by Gasteiger charge is 2.40. The molecule has 1 saturated carbocycles. The molecule has 1 N–H and O–H groups in total. The van der Waals surface area contributed by atoms with Crippen molar-refractivity contribution < 1.29 is 18.8 Å². The molecule has 150 valence electrons. The van der Waals surface area contributed by atoms with Gasteiger partial charge in [0.25, 0.3) is 0 Å². The van der Waals surface area contributed by atoms with Gasteiger partial charge in [0.1, 0.15) is 5.54 Å². The molecule has 0 saturated heterocycles. The van der Waals surface area contributed by atoms with E-state index in [-0.39, 0.29) is 12.0 Å². The first kappa shape index (κ1) is 19.9. The summed E-state index contributed by atoms with van der Waals surface area (Å²) >= 11 is 0. The normalized spacial score (nSPS) is 15.9. The number of rotatable bonds is 7. The van der Waals surface area contributed by atoms with Crippen LogP contribution in [-0.4, -0.2) is 29.3 Å². The van der Waals surface area contributed by atoms with Gasteiger partial charge in [-0.2, -0.15) is 4.98 Å². The van der Waals surface area contributed by atoms with Gasteiger partial charge in [0, 0.05) is 13.0 Å². The molecule has 2 aromatic rings. The monoisotopic (exact) mass is 385 g/mol. The van der Waals surface area contributed by atoms with E-state index in [1.807, 2.05) is 32.0 Å². The molecule has 7 heteroatoms. The number of hydrogen-bond acceptors (Lipinski definition) is 6. The van der Waals surface area contributed by atoms with Crippen molar-refractivity contribution in [3.8, 4) is 11.5 Å². The van der Waals surface area contributed by atoms with E-state index in [2.05, 4.69) is 15.5 Å². The predicted molar refractivity (Wildman–Crippen MR) is 105 cm³/mol. The summed E-state index contributed by atoms with van der Waals surface area (Å²) in [5.74, 6) is 2.18. The fourth-order valence-electron chi connectivity index (χ4n) is 3.47. The lowest BCUT2D eigenvalue weighted by atomic mass is 9.96. The summed E-state index contributed by atoms with van der Waals surface area (Å²) in [6.45, 7) is 5.67. The van der Waals surface area contributed by atoms with E-state index in [4.69, 9.17) is 14.0 Å². The zero-order valence-electron chi connectivity index (χ0n) is 16.8. The number of hydrogen-bond donors (Lipinski definition) is 1. The third-order valence-corrected chi connectivity index (χ3v) is 4.75. The van der Waals surface area contributed by atoms with Gasteiger partial charge < -0.3 is 19.3 Å². The van der Waals surface area contributed by atoms with Crippen molar-refractivity contribution in [2.45, 2.75) is 58.1 Å². The molecule has 1 aliphatic carbocycles. The van der Waals surface area contributed by atoms with Crippen molar-refractivity contribution in [3.63, 3.8) is 0 Å². The fourth-order valence-corrected chi connectivity index (χ4v) is 3.47. The minimum atomic E-state index is -0.550. The Balaban J connectivity index is 1.72. The van der Waals surface area contributed by atoms with E-state index >= 15 is 0 Å². The third-order valence-electron chi connectivity index (χ3n) is 4.75. The van der Waals surface area contributed by atoms with Crippen molar-refractivity contribution in [2.75, 3.05) is 7.11 Å². The number of methoxy groups -OCH3 is 1. The number of carbonyl (C=O) groups excluding carboxylic acids is 1. The summed E-state index contributed by atoms with van der Waals surface area (Å²) in [5, 5.41) is 7.13. The summed E-state index contributed by atoms with van der Waals surface area (Å²) in [6.07, 6.45) is 6.98. The Morgan fingerprint density at radius 1 is 1.29 bits per heavy atom. The average Bonchev–Trinajstić information content (AvgIpc) is 3.30. The van der Waals surface area contributed by atoms with E-state index in [1.54, 1.807) is 20.1 Å². The van der Waals surface area contributed by atoms with Crippen LogP contribution in [0.2, 0.25) is 0 Å². The second kappa shape index (κ2) is 8.46. The SMILES string of the molecule is COc1cc(/C=C/C(=O)NC2(c3noc(C)n3)CCCC2)ccc1OC(C)C. The highest BCUT2D eigenvalue weighted by atomic mass is 16.5. The Bertz CT molecular complexity index is 851. The number of aryl methyl sites for hydroxylation is 1. The number of amides is 1. The second-order valence-electron chi connectivity index (χ2n) is 7.33. The van der Waals surface area contributed by atoms with Gasteiger partial charge in [0.15, 0.2) is 17.3 Å². The van der Waals surface area contributed by atoms with Gasteiger partial charge in [-0.25, -0.2) is 0 Å². The molecule has 1 heterocycles. The van der Waals surface area contributed by atoms with Crippen LogP contribution in [0.3, 0.4) is 0 Å². The fraction of sp³-hybridized carbons (Fsp3) is 0.476. The number of nitrogens with one attached hydrogen (secondary N) is 1. The molecule has 28 heavy (non-hydrogen) atoms. The largest absolute Gasteiger partial charge is 0.493 e. The number of nitrogens with zero attached hydrogens (tertiary/aromatic N) is 2. The first-order chi connectivity index (χ1) is 13.4. The molecule has 7 nitrogen and oxygen atoms in total. The first-order valence-corrected chi connectivity index (χ1v) is 9.57. The minimum Gasteiger partial charge on any atom is -0.493 e. The third kappa shape index (κ3) is 4.52. The maximum atomic E-state index is 12.6. The number of carbonyl (C=O) groups is 1. The summed E-state index contributed by atoms with van der Waals surface area (Å²) in [5.41, 5.74) is 0.297. The van der Waals surface area contributed by atoms with E-state index in [0.29, 0.717) is 23.2 Å². The van der Waals surface area contributed by atoms with Crippen LogP contribution < -0.4 is 14.8 Å². The number of ether oxygens (including phenoxy) is 2. The Morgan fingerprint density at radius 2 is 2.04 bits per heavy atom. The van der Waals surface area contributed by atoms with Crippen LogP contribution in [0.5, 0.6) is 11.5 Å². The van der Waals surface area contributed by atoms with E-state index < -0.39 is 5.54 Å². The Hall–Kier alpha value is -2.83. The van der Waals surface area contributed by atoms with E-state index in [9.17, 15) is 4.79 Å². The van der Waals surface area contributed by atoms with Crippen molar-refractivity contribution in [1.29, 1.82) is 0 Å². The summed E-state index contributed by atoms with van der Waals surface area (Å²) < 4.78 is 16.2. The lowest BCUT2D eigenvalue weighted by Crippen LogP contribution is -2.44. The van der Waals surface area contributed by atoms with E-state index in [1.165, 1.54) is 6.08 Å². The van der Waals surface area contributed by atoms with Gasteiger partial charge in [0.2, 0.25) is 11.8 Å². The molecule has 0 aliphatic heterocycles. The number of benzene rings is 1. The van der Waals surface area contributed by atoms with Gasteiger partial charge in [-0.3, -0.25) is 4.79 Å². The molecule has 1 amide bonds. The van der Waals surface area contributed by atoms with Crippen molar-refractivity contribution in [1.82, 2.24) is 15.5 Å². The molecule has 0 bridgehead atoms. The molecule has 0 radical (unpaired) electrons. The maximum absolute atomic E-state index is 12.6. The van der Waals surface area contributed by atoms with Gasteiger partial charge >= 0.3 is 0 Å². The van der Waals surface area contributed by atoms with E-state index in [0.717, 1.165) is 31.2 Å². The van der Waals surface area contributed by atoms with Crippen molar-refractivity contribution in [2.24, 2.45) is 0 Å². The smallest absolute Gasteiger partial charge is 0.244 e. The number of aromatic nitrogens is 2. The van der Waals surface area contributed by atoms with Gasteiger partial charge in [-0.1, -0.05) is 24.1 Å². The summed E-state index contributed by atoms with van der Waals surface area (Å²) in [7, 11) is 1.60. The molecule has 1 aromatic heterocycles. The van der Waals surface area contributed by atoms with Gasteiger partial charge in [0.05, 0.1) is 13.2 Å². The quantitative estimate of drug-likeness (QED) is 0.730. The molecule has 1 aliphatic rings. The molecule has 0 spiro atoms. The van der Waals surface area contributed by atoms with Gasteiger partial charge in [-0.15, -0.1) is 0 Å². The standard InChI is InChI=1S/C21H27N3O4/c1-14(2)27-17-9-7-16(13-18(17)26-4)8-10-19(25)23-21(11-5-6-12-21)20-22-15(3)28-24-20/h7-10,13-14H,5-6,11-12H2,1-4H3,(H,23,25)/b10-8+. The maximum Gasteiger partial charge on any atom is 0.244 e. The first-order valence-electron chi connectivity index (χ1n) is 9.57. The molecule has 0 atom stereocenters. The Labute approximate surface area is 165 Å². The van der Waals surface area contributed by atoms with Crippen LogP contribution in [-0.2, 0) is 10.3 Å². The second-order valence-corrected chi connectivity index (χ2v) is 7.33. The predicted octanol–water partition coefficient (Wildman–Crippen LogP) is 3.77. The van der Waals surface area contributed by atoms with Crippen LogP contribution in [0, 0.1) is 6.92 Å². The molecule has 0 unspecified atom stereocenters. The zero-order chi connectivity index (χ0) is 20.1. The Kier molecular flexibility index (Phi) is 6.02. The van der Waals surface area contributed by atoms with Crippen LogP contribution in [0.25, 0.3) is 6.08 Å². The van der Waals surface area contributed by atoms with Crippen molar-refractivity contribution in [3.05, 3.63) is 41.6 Å². The summed E-state index contributed by atoms with van der Waals surface area (Å²) in [4.78, 5) is 16.9. The van der Waals surface area contributed by atoms with Crippen LogP contribution in [0.1, 0.15) is 56.8 Å². The molecule has 1 fully saturated rings. The van der Waals surface area contributed by atoms with Gasteiger partial charge in [-0.05, 0) is 50.5 Å². The zero-order valence-corrected chi connectivity index (χ0v) is 16.8. The van der Waals surface area contributed by atoms with Crippen molar-refractivity contribution >= 4 is 12.0 Å². The highest BCUT2D eigenvalue weighted by Crippen LogP contribution is 2.37.